The van der Waals surface area contributed by atoms with E-state index in [2.05, 4.69) is 15.5 Å². The van der Waals surface area contributed by atoms with Gasteiger partial charge in [-0.25, -0.2) is 0 Å². The van der Waals surface area contributed by atoms with E-state index < -0.39 is 11.8 Å². The molecular formula is C26H21ClN4O4. The van der Waals surface area contributed by atoms with E-state index in [1.165, 1.54) is 19.2 Å². The second-order valence-corrected chi connectivity index (χ2v) is 8.14. The number of azo groups is 1. The number of hydrogen-bond donors (Lipinski definition) is 3. The highest BCUT2D eigenvalue weighted by atomic mass is 35.5. The van der Waals surface area contributed by atoms with Gasteiger partial charge in [0, 0.05) is 22.2 Å². The Balaban J connectivity index is 1.81. The molecule has 4 aromatic rings. The molecule has 2 amide bonds. The number of ether oxygens (including phenoxy) is 1. The highest BCUT2D eigenvalue weighted by Gasteiger charge is 2.19. The fourth-order valence-corrected chi connectivity index (χ4v) is 3.81. The Hall–Kier alpha value is -4.43. The molecule has 4 N–H and O–H groups in total. The first-order valence-electron chi connectivity index (χ1n) is 10.5. The number of aryl methyl sites for hydroxylation is 1. The smallest absolute Gasteiger partial charge is 0.259 e. The van der Waals surface area contributed by atoms with Crippen LogP contribution in [0.1, 0.15) is 26.3 Å². The first-order chi connectivity index (χ1) is 16.8. The lowest BCUT2D eigenvalue weighted by Gasteiger charge is -2.12. The van der Waals surface area contributed by atoms with Crippen LogP contribution in [-0.2, 0) is 0 Å². The number of aromatic hydroxyl groups is 1. The molecule has 0 aliphatic rings. The molecule has 4 aromatic carbocycles. The van der Waals surface area contributed by atoms with E-state index in [9.17, 15) is 14.7 Å². The number of carbonyl (C=O) groups is 2. The van der Waals surface area contributed by atoms with E-state index in [1.807, 2.05) is 6.92 Å². The average Bonchev–Trinajstić information content (AvgIpc) is 2.84. The Bertz CT molecular complexity index is 1500. The summed E-state index contributed by atoms with van der Waals surface area (Å²) in [5, 5.41) is 24.0. The summed E-state index contributed by atoms with van der Waals surface area (Å²) in [6.45, 7) is 1.81. The van der Waals surface area contributed by atoms with Crippen molar-refractivity contribution in [2.45, 2.75) is 6.92 Å². The molecule has 35 heavy (non-hydrogen) atoms. The molecule has 0 spiro atoms. The first-order valence-corrected chi connectivity index (χ1v) is 10.9. The van der Waals surface area contributed by atoms with Crippen LogP contribution in [0.25, 0.3) is 10.8 Å². The molecule has 0 aliphatic heterocycles. The zero-order valence-electron chi connectivity index (χ0n) is 18.9. The van der Waals surface area contributed by atoms with Gasteiger partial charge in [0.1, 0.15) is 17.1 Å². The van der Waals surface area contributed by atoms with Gasteiger partial charge >= 0.3 is 0 Å². The van der Waals surface area contributed by atoms with Gasteiger partial charge in [-0.05, 0) is 54.3 Å². The lowest BCUT2D eigenvalue weighted by atomic mass is 10.0. The predicted octanol–water partition coefficient (Wildman–Crippen LogP) is 6.28. The number of primary amides is 1. The van der Waals surface area contributed by atoms with Crippen LogP contribution in [0.2, 0.25) is 5.02 Å². The van der Waals surface area contributed by atoms with Gasteiger partial charge in [0.25, 0.3) is 11.8 Å². The molecule has 8 nitrogen and oxygen atoms in total. The van der Waals surface area contributed by atoms with Crippen molar-refractivity contribution < 1.29 is 19.4 Å². The van der Waals surface area contributed by atoms with Gasteiger partial charge in [-0.2, -0.15) is 0 Å². The third kappa shape index (κ3) is 4.92. The molecule has 9 heteroatoms. The number of nitrogens with zero attached hydrogens (tertiary/aromatic N) is 2. The SMILES string of the molecule is COc1ccc(C(N)=O)c(/N=N/c2c(O)c(C(=O)Nc3ccc(Cl)cc3C)cc3ccccc23)c1. The van der Waals surface area contributed by atoms with Crippen molar-refractivity contribution in [3.63, 3.8) is 0 Å². The zero-order chi connectivity index (χ0) is 25.1. The Labute approximate surface area is 206 Å². The summed E-state index contributed by atoms with van der Waals surface area (Å²) in [7, 11) is 1.48. The average molecular weight is 489 g/mol. The maximum absolute atomic E-state index is 13.1. The number of hydrogen-bond acceptors (Lipinski definition) is 6. The Morgan fingerprint density at radius 1 is 1.00 bits per heavy atom. The van der Waals surface area contributed by atoms with Crippen LogP contribution in [0.15, 0.2) is 77.0 Å². The minimum Gasteiger partial charge on any atom is -0.505 e. The standard InChI is InChI=1S/C26H21ClN4O4/c1-14-11-16(27)7-10-21(14)29-26(34)20-12-15-5-3-4-6-18(15)23(24(20)32)31-30-22-13-17(35-2)8-9-19(22)25(28)33/h3-13,32H,1-2H3,(H2,28,33)(H,29,34)/b31-30+. The van der Waals surface area contributed by atoms with E-state index in [4.69, 9.17) is 22.1 Å². The number of phenolic OH excluding ortho intramolecular Hbond substituents is 1. The molecule has 0 heterocycles. The zero-order valence-corrected chi connectivity index (χ0v) is 19.6. The van der Waals surface area contributed by atoms with Gasteiger partial charge in [0.15, 0.2) is 5.75 Å². The summed E-state index contributed by atoms with van der Waals surface area (Å²) in [5.41, 5.74) is 7.15. The minimum atomic E-state index is -0.692. The number of phenols is 1. The van der Waals surface area contributed by atoms with Crippen LogP contribution < -0.4 is 15.8 Å². The number of nitrogens with two attached hydrogens (primary N) is 1. The number of amides is 2. The molecular weight excluding hydrogens is 468 g/mol. The lowest BCUT2D eigenvalue weighted by molar-refractivity contribution is 0.0997. The normalized spacial score (nSPS) is 11.1. The summed E-state index contributed by atoms with van der Waals surface area (Å²) < 4.78 is 5.20. The van der Waals surface area contributed by atoms with E-state index in [1.54, 1.807) is 54.6 Å². The van der Waals surface area contributed by atoms with E-state index >= 15 is 0 Å². The quantitative estimate of drug-likeness (QED) is 0.276. The number of nitrogens with one attached hydrogen (secondary N) is 1. The summed E-state index contributed by atoms with van der Waals surface area (Å²) in [6.07, 6.45) is 0. The molecule has 0 saturated carbocycles. The third-order valence-electron chi connectivity index (χ3n) is 5.40. The maximum atomic E-state index is 13.1. The molecule has 0 bridgehead atoms. The van der Waals surface area contributed by atoms with Gasteiger partial charge in [-0.3, -0.25) is 9.59 Å². The van der Waals surface area contributed by atoms with E-state index in [0.717, 1.165) is 5.56 Å². The predicted molar refractivity (Wildman–Crippen MR) is 135 cm³/mol. The topological polar surface area (TPSA) is 126 Å². The van der Waals surface area contributed by atoms with Crippen molar-refractivity contribution in [3.8, 4) is 11.5 Å². The molecule has 0 radical (unpaired) electrons. The Morgan fingerprint density at radius 2 is 1.77 bits per heavy atom. The van der Waals surface area contributed by atoms with Gasteiger partial charge in [0.05, 0.1) is 18.2 Å². The number of fused-ring (bicyclic) bond motifs is 1. The summed E-state index contributed by atoms with van der Waals surface area (Å²) >= 11 is 6.00. The van der Waals surface area contributed by atoms with Crippen LogP contribution >= 0.6 is 11.6 Å². The third-order valence-corrected chi connectivity index (χ3v) is 5.64. The van der Waals surface area contributed by atoms with Crippen LogP contribution in [0.3, 0.4) is 0 Å². The molecule has 0 atom stereocenters. The van der Waals surface area contributed by atoms with Gasteiger partial charge < -0.3 is 20.9 Å². The minimum absolute atomic E-state index is 0.00719. The monoisotopic (exact) mass is 488 g/mol. The Morgan fingerprint density at radius 3 is 2.49 bits per heavy atom. The second-order valence-electron chi connectivity index (χ2n) is 7.70. The molecule has 4 rings (SSSR count). The lowest BCUT2D eigenvalue weighted by Crippen LogP contribution is -2.13. The maximum Gasteiger partial charge on any atom is 0.259 e. The highest BCUT2D eigenvalue weighted by Crippen LogP contribution is 2.40. The van der Waals surface area contributed by atoms with Gasteiger partial charge in [-0.1, -0.05) is 35.9 Å². The van der Waals surface area contributed by atoms with Crippen LogP contribution in [0, 0.1) is 6.92 Å². The van der Waals surface area contributed by atoms with Crippen LogP contribution in [0.5, 0.6) is 11.5 Å². The van der Waals surface area contributed by atoms with E-state index in [0.29, 0.717) is 27.2 Å². The van der Waals surface area contributed by atoms with Crippen molar-refractivity contribution in [3.05, 3.63) is 88.4 Å². The van der Waals surface area contributed by atoms with Gasteiger partial charge in [-0.15, -0.1) is 10.2 Å². The molecule has 0 aliphatic carbocycles. The molecule has 0 fully saturated rings. The number of halogens is 1. The van der Waals surface area contributed by atoms with Crippen molar-refractivity contribution in [2.75, 3.05) is 12.4 Å². The van der Waals surface area contributed by atoms with E-state index in [-0.39, 0.29) is 28.3 Å². The fourth-order valence-electron chi connectivity index (χ4n) is 3.58. The molecule has 176 valence electrons. The van der Waals surface area contributed by atoms with Crippen LogP contribution in [-0.4, -0.2) is 24.0 Å². The number of anilines is 1. The van der Waals surface area contributed by atoms with Crippen LogP contribution in [0.4, 0.5) is 17.1 Å². The highest BCUT2D eigenvalue weighted by molar-refractivity contribution is 6.30. The molecule has 0 aromatic heterocycles. The number of methoxy groups -OCH3 is 1. The van der Waals surface area contributed by atoms with Crippen molar-refractivity contribution in [1.82, 2.24) is 0 Å². The number of rotatable bonds is 6. The Kier molecular flexibility index (Phi) is 6.66. The fraction of sp³-hybridized carbons (Fsp3) is 0.0769. The molecule has 0 saturated heterocycles. The van der Waals surface area contributed by atoms with Crippen molar-refractivity contribution in [2.24, 2.45) is 16.0 Å². The second kappa shape index (κ2) is 9.82. The summed E-state index contributed by atoms with van der Waals surface area (Å²) in [5.74, 6) is -1.14. The summed E-state index contributed by atoms with van der Waals surface area (Å²) in [4.78, 5) is 25.0. The largest absolute Gasteiger partial charge is 0.505 e. The first kappa shape index (κ1) is 23.7. The van der Waals surface area contributed by atoms with Gasteiger partial charge in [0.2, 0.25) is 0 Å². The number of benzene rings is 4. The molecule has 0 unspecified atom stereocenters. The van der Waals surface area contributed by atoms with Crippen molar-refractivity contribution in [1.29, 1.82) is 0 Å². The summed E-state index contributed by atoms with van der Waals surface area (Å²) in [6, 6.07) is 18.3. The number of carbonyl (C=O) groups excluding carboxylic acids is 2. The van der Waals surface area contributed by atoms with Crippen molar-refractivity contribution >= 4 is 51.2 Å².